The predicted octanol–water partition coefficient (Wildman–Crippen LogP) is 0.340. The van der Waals surface area contributed by atoms with E-state index in [2.05, 4.69) is 0 Å². The predicted molar refractivity (Wildman–Crippen MR) is 75.6 cm³/mol. The van der Waals surface area contributed by atoms with Gasteiger partial charge in [0.05, 0.1) is 13.2 Å². The molecule has 0 saturated heterocycles. The number of aliphatic hydroxyl groups excluding tert-OH is 2. The zero-order chi connectivity index (χ0) is 17.1. The Bertz CT molecular complexity index is 297. The number of ether oxygens (including phenoxy) is 4. The van der Waals surface area contributed by atoms with Gasteiger partial charge in [-0.25, -0.2) is 9.59 Å². The lowest BCUT2D eigenvalue weighted by Crippen LogP contribution is -2.26. The third kappa shape index (κ3) is 10.5. The van der Waals surface area contributed by atoms with E-state index < -0.39 is 36.7 Å². The molecule has 0 radical (unpaired) electrons. The molecular weight excluding hydrogens is 296 g/mol. The van der Waals surface area contributed by atoms with E-state index in [-0.39, 0.29) is 0 Å². The monoisotopic (exact) mass is 322 g/mol. The number of rotatable bonds is 11. The molecule has 0 aromatic rings. The summed E-state index contributed by atoms with van der Waals surface area (Å²) in [5.74, 6) is -1.46. The van der Waals surface area contributed by atoms with E-state index >= 15 is 0 Å². The number of unbranched alkanes of at least 4 members (excludes halogenated alkanes) is 1. The van der Waals surface area contributed by atoms with Gasteiger partial charge in [-0.05, 0) is 40.5 Å². The van der Waals surface area contributed by atoms with Crippen molar-refractivity contribution >= 4 is 11.9 Å². The van der Waals surface area contributed by atoms with Crippen molar-refractivity contribution in [3.05, 3.63) is 0 Å². The van der Waals surface area contributed by atoms with Crippen molar-refractivity contribution in [2.45, 2.75) is 65.3 Å². The molecule has 4 unspecified atom stereocenters. The van der Waals surface area contributed by atoms with Crippen LogP contribution in [0.4, 0.5) is 0 Å². The summed E-state index contributed by atoms with van der Waals surface area (Å²) >= 11 is 0. The number of carbonyl (C=O) groups excluding carboxylic acids is 2. The van der Waals surface area contributed by atoms with Gasteiger partial charge in [0, 0.05) is 0 Å². The third-order valence-corrected chi connectivity index (χ3v) is 2.49. The van der Waals surface area contributed by atoms with E-state index in [9.17, 15) is 9.59 Å². The molecule has 8 heteroatoms. The second-order valence-corrected chi connectivity index (χ2v) is 4.81. The first-order chi connectivity index (χ1) is 10.2. The Morgan fingerprint density at radius 1 is 0.773 bits per heavy atom. The van der Waals surface area contributed by atoms with Crippen LogP contribution in [0.1, 0.15) is 40.5 Å². The first kappa shape index (κ1) is 20.8. The van der Waals surface area contributed by atoms with E-state index in [4.69, 9.17) is 29.2 Å². The maximum atomic E-state index is 11.1. The molecule has 0 spiro atoms. The molecule has 2 N–H and O–H groups in total. The van der Waals surface area contributed by atoms with Crippen LogP contribution in [-0.4, -0.2) is 60.2 Å². The van der Waals surface area contributed by atoms with Crippen molar-refractivity contribution in [1.29, 1.82) is 0 Å². The van der Waals surface area contributed by atoms with Gasteiger partial charge < -0.3 is 29.2 Å². The number of hydrogen-bond acceptors (Lipinski definition) is 8. The minimum atomic E-state index is -1.18. The van der Waals surface area contributed by atoms with Crippen molar-refractivity contribution < 1.29 is 38.7 Å². The number of hydrogen-bond donors (Lipinski definition) is 2. The highest BCUT2D eigenvalue weighted by Crippen LogP contribution is 2.02. The summed E-state index contributed by atoms with van der Waals surface area (Å²) in [5.41, 5.74) is 0. The third-order valence-electron chi connectivity index (χ3n) is 2.49. The van der Waals surface area contributed by atoms with Crippen molar-refractivity contribution in [2.24, 2.45) is 0 Å². The highest BCUT2D eigenvalue weighted by atomic mass is 16.7. The lowest BCUT2D eigenvalue weighted by molar-refractivity contribution is -0.186. The van der Waals surface area contributed by atoms with Gasteiger partial charge in [0.15, 0.2) is 12.6 Å². The smallest absolute Gasteiger partial charge is 0.336 e. The molecule has 0 aliphatic rings. The highest BCUT2D eigenvalue weighted by Gasteiger charge is 2.15. The summed E-state index contributed by atoms with van der Waals surface area (Å²) in [6.45, 7) is 6.48. The summed E-state index contributed by atoms with van der Waals surface area (Å²) in [4.78, 5) is 22.1. The second-order valence-electron chi connectivity index (χ2n) is 4.81. The number of esters is 2. The Balaban J connectivity index is 3.57. The van der Waals surface area contributed by atoms with Crippen molar-refractivity contribution in [2.75, 3.05) is 13.2 Å². The van der Waals surface area contributed by atoms with Crippen LogP contribution in [0.5, 0.6) is 0 Å². The minimum Gasteiger partial charge on any atom is -0.434 e. The lowest BCUT2D eigenvalue weighted by Gasteiger charge is -2.16. The molecule has 0 amide bonds. The summed E-state index contributed by atoms with van der Waals surface area (Å²) < 4.78 is 20.1. The van der Waals surface area contributed by atoms with Crippen LogP contribution in [0.15, 0.2) is 0 Å². The normalized spacial score (nSPS) is 16.5. The Labute approximate surface area is 130 Å². The van der Waals surface area contributed by atoms with Gasteiger partial charge in [-0.3, -0.25) is 0 Å². The van der Waals surface area contributed by atoms with Gasteiger partial charge in [0.2, 0.25) is 0 Å². The van der Waals surface area contributed by atoms with Gasteiger partial charge in [0.25, 0.3) is 0 Å². The summed E-state index contributed by atoms with van der Waals surface area (Å²) in [6.07, 6.45) is -2.49. The molecule has 0 aliphatic heterocycles. The van der Waals surface area contributed by atoms with Crippen molar-refractivity contribution in [3.8, 4) is 0 Å². The molecule has 130 valence electrons. The van der Waals surface area contributed by atoms with Crippen LogP contribution in [0, 0.1) is 0 Å². The van der Waals surface area contributed by atoms with Gasteiger partial charge in [-0.15, -0.1) is 0 Å². The maximum absolute atomic E-state index is 11.1. The molecular formula is C14H26O8. The average Bonchev–Trinajstić information content (AvgIpc) is 2.42. The quantitative estimate of drug-likeness (QED) is 0.318. The van der Waals surface area contributed by atoms with Crippen molar-refractivity contribution in [1.82, 2.24) is 0 Å². The van der Waals surface area contributed by atoms with Crippen LogP contribution in [0.3, 0.4) is 0 Å². The van der Waals surface area contributed by atoms with Crippen LogP contribution in [0.2, 0.25) is 0 Å². The van der Waals surface area contributed by atoms with E-state index in [0.29, 0.717) is 26.1 Å². The standard InChI is InChI=1S/C14H26O8/c1-9(15)13(17)21-11(3)19-7-5-6-8-20-12(4)22-14(18)10(2)16/h9-12,15-16H,5-8H2,1-4H3. The second kappa shape index (κ2) is 11.4. The molecule has 0 saturated carbocycles. The first-order valence-corrected chi connectivity index (χ1v) is 7.24. The Morgan fingerprint density at radius 3 is 1.36 bits per heavy atom. The molecule has 0 bridgehead atoms. The molecule has 0 aromatic carbocycles. The van der Waals surface area contributed by atoms with Crippen LogP contribution in [-0.2, 0) is 28.5 Å². The largest absolute Gasteiger partial charge is 0.434 e. The van der Waals surface area contributed by atoms with Crippen LogP contribution in [0.25, 0.3) is 0 Å². The minimum absolute atomic E-state index is 0.361. The number of aliphatic hydroxyl groups is 2. The van der Waals surface area contributed by atoms with Gasteiger partial charge in [-0.1, -0.05) is 0 Å². The fourth-order valence-corrected chi connectivity index (χ4v) is 1.29. The highest BCUT2D eigenvalue weighted by molar-refractivity contribution is 5.74. The molecule has 0 fully saturated rings. The van der Waals surface area contributed by atoms with E-state index in [0.717, 1.165) is 0 Å². The lowest BCUT2D eigenvalue weighted by atomic mass is 10.3. The topological polar surface area (TPSA) is 112 Å². The summed E-state index contributed by atoms with van der Waals surface area (Å²) in [7, 11) is 0. The van der Waals surface area contributed by atoms with Crippen LogP contribution < -0.4 is 0 Å². The fraction of sp³-hybridized carbons (Fsp3) is 0.857. The van der Waals surface area contributed by atoms with Crippen molar-refractivity contribution in [3.63, 3.8) is 0 Å². The van der Waals surface area contributed by atoms with Gasteiger partial charge >= 0.3 is 11.9 Å². The average molecular weight is 322 g/mol. The van der Waals surface area contributed by atoms with E-state index in [1.54, 1.807) is 13.8 Å². The Morgan fingerprint density at radius 2 is 1.09 bits per heavy atom. The van der Waals surface area contributed by atoms with E-state index in [1.165, 1.54) is 13.8 Å². The molecule has 0 heterocycles. The molecule has 0 aromatic heterocycles. The van der Waals surface area contributed by atoms with Gasteiger partial charge in [-0.2, -0.15) is 0 Å². The molecule has 4 atom stereocenters. The molecule has 8 nitrogen and oxygen atoms in total. The Kier molecular flexibility index (Phi) is 10.7. The number of carbonyl (C=O) groups is 2. The Hall–Kier alpha value is -1.22. The summed E-state index contributed by atoms with van der Waals surface area (Å²) in [5, 5.41) is 17.9. The molecule has 0 aliphatic carbocycles. The maximum Gasteiger partial charge on any atom is 0.336 e. The fourth-order valence-electron chi connectivity index (χ4n) is 1.29. The molecule has 0 rings (SSSR count). The summed E-state index contributed by atoms with van der Waals surface area (Å²) in [6, 6.07) is 0. The van der Waals surface area contributed by atoms with E-state index in [1.807, 2.05) is 0 Å². The van der Waals surface area contributed by atoms with Gasteiger partial charge in [0.1, 0.15) is 12.2 Å². The zero-order valence-corrected chi connectivity index (χ0v) is 13.5. The zero-order valence-electron chi connectivity index (χ0n) is 13.5. The first-order valence-electron chi connectivity index (χ1n) is 7.24. The SMILES string of the molecule is CC(OCCCCOC(C)OC(=O)C(C)O)OC(=O)C(C)O. The van der Waals surface area contributed by atoms with Crippen LogP contribution >= 0.6 is 0 Å². The molecule has 22 heavy (non-hydrogen) atoms.